The quantitative estimate of drug-likeness (QED) is 0.778. The highest BCUT2D eigenvalue weighted by atomic mass is 16.5. The van der Waals surface area contributed by atoms with Gasteiger partial charge in [0.05, 0.1) is 12.2 Å². The van der Waals surface area contributed by atoms with E-state index in [9.17, 15) is 4.79 Å². The van der Waals surface area contributed by atoms with Crippen LogP contribution in [0.5, 0.6) is 0 Å². The molecule has 3 heteroatoms. The normalized spacial score (nSPS) is 44.7. The Morgan fingerprint density at radius 1 is 1.10 bits per heavy atom. The topological polar surface area (TPSA) is 29.5 Å². The van der Waals surface area contributed by atoms with Crippen LogP contribution in [0, 0.1) is 17.8 Å². The van der Waals surface area contributed by atoms with E-state index in [2.05, 4.69) is 32.6 Å². The monoisotopic (exact) mass is 293 g/mol. The van der Waals surface area contributed by atoms with Gasteiger partial charge in [0, 0.05) is 18.0 Å². The van der Waals surface area contributed by atoms with Crippen LogP contribution >= 0.6 is 0 Å². The number of likely N-dealkylation sites (tertiary alicyclic amines) is 1. The lowest BCUT2D eigenvalue weighted by Crippen LogP contribution is -2.46. The number of hydrogen-bond acceptors (Lipinski definition) is 2. The van der Waals surface area contributed by atoms with Gasteiger partial charge in [-0.2, -0.15) is 0 Å². The zero-order valence-electron chi connectivity index (χ0n) is 14.0. The minimum Gasteiger partial charge on any atom is -0.376 e. The fraction of sp³-hybridized carbons (Fsp3) is 0.944. The summed E-state index contributed by atoms with van der Waals surface area (Å²) in [7, 11) is 0. The van der Waals surface area contributed by atoms with E-state index in [0.29, 0.717) is 36.1 Å². The van der Waals surface area contributed by atoms with Gasteiger partial charge in [-0.1, -0.05) is 13.3 Å². The highest BCUT2D eigenvalue weighted by Gasteiger charge is 2.46. The lowest BCUT2D eigenvalue weighted by Gasteiger charge is -2.38. The van der Waals surface area contributed by atoms with Crippen LogP contribution in [0.4, 0.5) is 0 Å². The van der Waals surface area contributed by atoms with Crippen LogP contribution < -0.4 is 0 Å². The lowest BCUT2D eigenvalue weighted by molar-refractivity contribution is -0.143. The maximum absolute atomic E-state index is 13.1. The molecule has 21 heavy (non-hydrogen) atoms. The molecule has 3 aliphatic rings. The number of amides is 1. The maximum atomic E-state index is 13.1. The van der Waals surface area contributed by atoms with E-state index in [-0.39, 0.29) is 5.92 Å². The minimum atomic E-state index is 0.153. The van der Waals surface area contributed by atoms with Gasteiger partial charge in [0.2, 0.25) is 5.91 Å². The molecule has 0 aromatic rings. The summed E-state index contributed by atoms with van der Waals surface area (Å²) >= 11 is 0. The van der Waals surface area contributed by atoms with Crippen LogP contribution in [0.25, 0.3) is 0 Å². The molecule has 0 bridgehead atoms. The Balaban J connectivity index is 1.69. The first-order valence-corrected chi connectivity index (χ1v) is 8.95. The molecule has 0 aromatic heterocycles. The third-order valence-corrected chi connectivity index (χ3v) is 6.18. The molecule has 1 amide bonds. The molecule has 1 saturated carbocycles. The Morgan fingerprint density at radius 3 is 2.43 bits per heavy atom. The Labute approximate surface area is 129 Å². The van der Waals surface area contributed by atoms with Gasteiger partial charge >= 0.3 is 0 Å². The predicted molar refractivity (Wildman–Crippen MR) is 84.0 cm³/mol. The molecule has 2 saturated heterocycles. The molecular formula is C18H31NO2. The van der Waals surface area contributed by atoms with Crippen molar-refractivity contribution in [1.82, 2.24) is 4.90 Å². The number of fused-ring (bicyclic) bond motifs is 1. The molecule has 3 rings (SSSR count). The summed E-state index contributed by atoms with van der Waals surface area (Å²) in [6.07, 6.45) is 7.76. The van der Waals surface area contributed by atoms with E-state index in [4.69, 9.17) is 4.74 Å². The first-order valence-electron chi connectivity index (χ1n) is 8.95. The van der Waals surface area contributed by atoms with Gasteiger partial charge in [0.1, 0.15) is 0 Å². The van der Waals surface area contributed by atoms with Gasteiger partial charge in [-0.05, 0) is 64.7 Å². The fourth-order valence-corrected chi connectivity index (χ4v) is 5.22. The fourth-order valence-electron chi connectivity index (χ4n) is 5.22. The van der Waals surface area contributed by atoms with Crippen LogP contribution in [0.2, 0.25) is 0 Å². The van der Waals surface area contributed by atoms with E-state index in [0.717, 1.165) is 18.8 Å². The average molecular weight is 293 g/mol. The zero-order valence-corrected chi connectivity index (χ0v) is 14.0. The maximum Gasteiger partial charge on any atom is 0.226 e. The molecule has 3 nitrogen and oxygen atoms in total. The van der Waals surface area contributed by atoms with Crippen molar-refractivity contribution in [1.29, 1.82) is 0 Å². The Bertz CT molecular complexity index is 387. The van der Waals surface area contributed by atoms with Crippen molar-refractivity contribution in [3.63, 3.8) is 0 Å². The number of hydrogen-bond donors (Lipinski definition) is 0. The lowest BCUT2D eigenvalue weighted by atomic mass is 9.82. The van der Waals surface area contributed by atoms with Crippen molar-refractivity contribution in [3.8, 4) is 0 Å². The Kier molecular flexibility index (Phi) is 4.31. The van der Waals surface area contributed by atoms with Crippen molar-refractivity contribution in [2.75, 3.05) is 0 Å². The van der Waals surface area contributed by atoms with Gasteiger partial charge in [-0.3, -0.25) is 4.79 Å². The number of carbonyl (C=O) groups is 1. The van der Waals surface area contributed by atoms with Crippen LogP contribution in [-0.2, 0) is 9.53 Å². The Morgan fingerprint density at radius 2 is 1.76 bits per heavy atom. The summed E-state index contributed by atoms with van der Waals surface area (Å²) in [6, 6.07) is 0.995. The Hall–Kier alpha value is -0.570. The summed E-state index contributed by atoms with van der Waals surface area (Å²) in [5.41, 5.74) is 0. The standard InChI is InChI=1S/C18H31NO2/c1-11-8-15-6-5-7-17(15)19(11)18(20)14(4)16-9-12(2)21-13(3)10-16/h11-17H,5-10H2,1-4H3/t11-,12?,13?,14?,15?,16?,17?/m1/s1. The number of rotatable bonds is 2. The van der Waals surface area contributed by atoms with Crippen molar-refractivity contribution in [3.05, 3.63) is 0 Å². The molecule has 3 fully saturated rings. The number of nitrogens with zero attached hydrogens (tertiary/aromatic N) is 1. The second-order valence-corrected chi connectivity index (χ2v) is 7.87. The first kappa shape index (κ1) is 15.3. The number of carbonyl (C=O) groups excluding carboxylic acids is 1. The molecule has 2 heterocycles. The second-order valence-electron chi connectivity index (χ2n) is 7.87. The van der Waals surface area contributed by atoms with Gasteiger partial charge in [-0.25, -0.2) is 0 Å². The van der Waals surface area contributed by atoms with Crippen LogP contribution in [0.3, 0.4) is 0 Å². The van der Waals surface area contributed by atoms with Crippen molar-refractivity contribution in [2.45, 2.75) is 90.5 Å². The van der Waals surface area contributed by atoms with Gasteiger partial charge in [0.15, 0.2) is 0 Å². The molecule has 5 unspecified atom stereocenters. The summed E-state index contributed by atoms with van der Waals surface area (Å²) in [5, 5.41) is 0. The van der Waals surface area contributed by atoms with Gasteiger partial charge in [-0.15, -0.1) is 0 Å². The molecular weight excluding hydrogens is 262 g/mol. The molecule has 6 atom stereocenters. The van der Waals surface area contributed by atoms with Crippen molar-refractivity contribution in [2.24, 2.45) is 17.8 Å². The minimum absolute atomic E-state index is 0.153. The molecule has 0 radical (unpaired) electrons. The predicted octanol–water partition coefficient (Wildman–Crippen LogP) is 3.62. The van der Waals surface area contributed by atoms with Gasteiger partial charge < -0.3 is 9.64 Å². The highest BCUT2D eigenvalue weighted by molar-refractivity contribution is 5.80. The van der Waals surface area contributed by atoms with Crippen LogP contribution in [-0.4, -0.2) is 35.1 Å². The molecule has 0 spiro atoms. The third kappa shape index (κ3) is 2.86. The SMILES string of the molecule is CC1CC(C(C)C(=O)N2C3CCCC3C[C@H]2C)CC(C)O1. The van der Waals surface area contributed by atoms with Gasteiger partial charge in [0.25, 0.3) is 0 Å². The zero-order chi connectivity index (χ0) is 15.1. The molecule has 0 N–H and O–H groups in total. The summed E-state index contributed by atoms with van der Waals surface area (Å²) in [5.74, 6) is 1.84. The smallest absolute Gasteiger partial charge is 0.226 e. The van der Waals surface area contributed by atoms with Crippen LogP contribution in [0.15, 0.2) is 0 Å². The largest absolute Gasteiger partial charge is 0.376 e. The van der Waals surface area contributed by atoms with E-state index in [1.165, 1.54) is 25.7 Å². The molecule has 1 aliphatic carbocycles. The third-order valence-electron chi connectivity index (χ3n) is 6.18. The summed E-state index contributed by atoms with van der Waals surface area (Å²) in [6.45, 7) is 8.70. The van der Waals surface area contributed by atoms with Crippen molar-refractivity contribution < 1.29 is 9.53 Å². The average Bonchev–Trinajstić information content (AvgIpc) is 2.95. The van der Waals surface area contributed by atoms with E-state index in [1.807, 2.05) is 0 Å². The summed E-state index contributed by atoms with van der Waals surface area (Å²) in [4.78, 5) is 15.4. The van der Waals surface area contributed by atoms with E-state index in [1.54, 1.807) is 0 Å². The summed E-state index contributed by atoms with van der Waals surface area (Å²) < 4.78 is 5.84. The molecule has 120 valence electrons. The van der Waals surface area contributed by atoms with Crippen LogP contribution in [0.1, 0.15) is 66.2 Å². The first-order chi connectivity index (χ1) is 9.97. The number of ether oxygens (including phenoxy) is 1. The highest BCUT2D eigenvalue weighted by Crippen LogP contribution is 2.43. The molecule has 0 aromatic carbocycles. The molecule has 2 aliphatic heterocycles. The van der Waals surface area contributed by atoms with E-state index >= 15 is 0 Å². The second kappa shape index (κ2) is 5.91. The van der Waals surface area contributed by atoms with Crippen molar-refractivity contribution >= 4 is 5.91 Å². The van der Waals surface area contributed by atoms with E-state index < -0.39 is 0 Å².